The molecule has 64 heavy (non-hydrogen) atoms. The van der Waals surface area contributed by atoms with E-state index in [1.807, 2.05) is 0 Å². The van der Waals surface area contributed by atoms with Gasteiger partial charge in [-0.3, -0.25) is 0 Å². The molecule has 0 radical (unpaired) electrons. The van der Waals surface area contributed by atoms with E-state index < -0.39 is 0 Å². The molecular formula is C62H42N2. The first kappa shape index (κ1) is 37.3. The van der Waals surface area contributed by atoms with Gasteiger partial charge in [0.1, 0.15) is 0 Å². The van der Waals surface area contributed by atoms with E-state index in [1.54, 1.807) is 0 Å². The number of para-hydroxylation sites is 2. The summed E-state index contributed by atoms with van der Waals surface area (Å²) in [5.41, 5.74) is 16.3. The highest BCUT2D eigenvalue weighted by molar-refractivity contribution is 6.09. The third-order valence-electron chi connectivity index (χ3n) is 12.8. The highest BCUT2D eigenvalue weighted by Gasteiger charge is 2.20. The molecule has 11 aromatic carbocycles. The molecule has 0 aliphatic heterocycles. The van der Waals surface area contributed by atoms with Crippen LogP contribution in [0.15, 0.2) is 255 Å². The van der Waals surface area contributed by atoms with Gasteiger partial charge in [-0.2, -0.15) is 0 Å². The number of fused-ring (bicyclic) bond motifs is 5. The maximum absolute atomic E-state index is 2.43. The highest BCUT2D eigenvalue weighted by Crippen LogP contribution is 2.44. The van der Waals surface area contributed by atoms with E-state index >= 15 is 0 Å². The minimum atomic E-state index is 1.08. The van der Waals surface area contributed by atoms with Gasteiger partial charge in [-0.15, -0.1) is 0 Å². The van der Waals surface area contributed by atoms with Crippen LogP contribution in [0.4, 0.5) is 17.1 Å². The molecule has 0 N–H and O–H groups in total. The molecule has 2 heteroatoms. The first-order valence-corrected chi connectivity index (χ1v) is 22.0. The van der Waals surface area contributed by atoms with Gasteiger partial charge in [0.15, 0.2) is 0 Å². The van der Waals surface area contributed by atoms with Gasteiger partial charge in [0.05, 0.1) is 16.7 Å². The number of nitrogens with zero attached hydrogens (tertiary/aromatic N) is 2. The van der Waals surface area contributed by atoms with Crippen LogP contribution in [-0.2, 0) is 0 Å². The van der Waals surface area contributed by atoms with Crippen molar-refractivity contribution in [3.63, 3.8) is 0 Å². The second kappa shape index (κ2) is 15.8. The van der Waals surface area contributed by atoms with Crippen molar-refractivity contribution in [1.29, 1.82) is 0 Å². The average Bonchev–Trinajstić information content (AvgIpc) is 3.71. The Hall–Kier alpha value is -8.46. The second-order valence-corrected chi connectivity index (χ2v) is 16.5. The van der Waals surface area contributed by atoms with E-state index in [9.17, 15) is 0 Å². The minimum Gasteiger partial charge on any atom is -0.310 e. The predicted molar refractivity (Wildman–Crippen MR) is 272 cm³/mol. The van der Waals surface area contributed by atoms with Crippen LogP contribution in [0.5, 0.6) is 0 Å². The van der Waals surface area contributed by atoms with E-state index in [-0.39, 0.29) is 0 Å². The lowest BCUT2D eigenvalue weighted by Gasteiger charge is -2.28. The van der Waals surface area contributed by atoms with Gasteiger partial charge < -0.3 is 9.47 Å². The van der Waals surface area contributed by atoms with Crippen molar-refractivity contribution < 1.29 is 0 Å². The fraction of sp³-hybridized carbons (Fsp3) is 0. The Morgan fingerprint density at radius 3 is 1.50 bits per heavy atom. The Bertz CT molecular complexity index is 3590. The number of aromatic nitrogens is 1. The van der Waals surface area contributed by atoms with Crippen molar-refractivity contribution in [2.45, 2.75) is 0 Å². The highest BCUT2D eigenvalue weighted by atomic mass is 15.1. The van der Waals surface area contributed by atoms with Crippen molar-refractivity contribution >= 4 is 60.4 Å². The molecule has 0 amide bonds. The fourth-order valence-corrected chi connectivity index (χ4v) is 9.75. The molecule has 0 atom stereocenters. The lowest BCUT2D eigenvalue weighted by molar-refractivity contribution is 1.18. The smallest absolute Gasteiger partial charge is 0.0541 e. The second-order valence-electron chi connectivity index (χ2n) is 16.5. The Labute approximate surface area is 373 Å². The fourth-order valence-electron chi connectivity index (χ4n) is 9.75. The summed E-state index contributed by atoms with van der Waals surface area (Å²) < 4.78 is 2.40. The monoisotopic (exact) mass is 814 g/mol. The Morgan fingerprint density at radius 2 is 0.766 bits per heavy atom. The molecule has 1 aromatic heterocycles. The van der Waals surface area contributed by atoms with Crippen molar-refractivity contribution in [3.05, 3.63) is 255 Å². The number of hydrogen-bond donors (Lipinski definition) is 0. The topological polar surface area (TPSA) is 8.17 Å². The zero-order valence-corrected chi connectivity index (χ0v) is 35.1. The summed E-state index contributed by atoms with van der Waals surface area (Å²) in [5, 5.41) is 7.40. The SMILES string of the molecule is c1ccc(-c2ccc(-c3cc(N(c4ccc(-c5cccc6ccccc56)cc4)c4cccc5ccccc45)ccc3-c3cccc(-n4c5ccccc5c5ccccc54)c3)cc2)cc1. The molecule has 12 rings (SSSR count). The first-order valence-electron chi connectivity index (χ1n) is 22.0. The van der Waals surface area contributed by atoms with Gasteiger partial charge in [-0.25, -0.2) is 0 Å². The Kier molecular flexibility index (Phi) is 9.20. The Balaban J connectivity index is 1.05. The standard InChI is InChI=1S/C62H42N2/c1-2-15-43(16-3-1)44-31-33-48(34-32-44)59-42-52(39-40-55(59)49-21-12-22-51(41-49)64-61-28-10-8-25-57(61)58-26-9-11-29-62(58)64)63(60-30-14-20-46-18-5-7-24-56(46)60)50-37-35-47(36-38-50)54-27-13-19-45-17-4-6-23-53(45)54/h1-42H. The predicted octanol–water partition coefficient (Wildman–Crippen LogP) is 17.2. The lowest BCUT2D eigenvalue weighted by atomic mass is 9.92. The van der Waals surface area contributed by atoms with Crippen LogP contribution in [0.25, 0.3) is 93.5 Å². The maximum atomic E-state index is 2.43. The quantitative estimate of drug-likeness (QED) is 0.148. The van der Waals surface area contributed by atoms with Crippen molar-refractivity contribution in [2.24, 2.45) is 0 Å². The normalized spacial score (nSPS) is 11.4. The van der Waals surface area contributed by atoms with Crippen LogP contribution in [0.3, 0.4) is 0 Å². The summed E-state index contributed by atoms with van der Waals surface area (Å²) >= 11 is 0. The summed E-state index contributed by atoms with van der Waals surface area (Å²) in [6, 6.07) is 92.8. The average molecular weight is 815 g/mol. The maximum Gasteiger partial charge on any atom is 0.0541 e. The van der Waals surface area contributed by atoms with Crippen LogP contribution in [-0.4, -0.2) is 4.57 Å². The van der Waals surface area contributed by atoms with Gasteiger partial charge in [-0.05, 0) is 115 Å². The molecule has 0 bridgehead atoms. The van der Waals surface area contributed by atoms with Crippen LogP contribution >= 0.6 is 0 Å². The van der Waals surface area contributed by atoms with Crippen molar-refractivity contribution in [3.8, 4) is 50.2 Å². The third kappa shape index (κ3) is 6.52. The number of rotatable bonds is 8. The molecule has 0 spiro atoms. The van der Waals surface area contributed by atoms with Gasteiger partial charge in [0, 0.05) is 33.2 Å². The zero-order chi connectivity index (χ0) is 42.4. The van der Waals surface area contributed by atoms with E-state index in [0.717, 1.165) is 39.4 Å². The molecule has 0 saturated carbocycles. The molecule has 0 fully saturated rings. The summed E-state index contributed by atoms with van der Waals surface area (Å²) in [6.07, 6.45) is 0. The zero-order valence-electron chi connectivity index (χ0n) is 35.1. The van der Waals surface area contributed by atoms with Crippen LogP contribution in [0, 0.1) is 0 Å². The first-order chi connectivity index (χ1) is 31.7. The molecule has 2 nitrogen and oxygen atoms in total. The van der Waals surface area contributed by atoms with E-state index in [4.69, 9.17) is 0 Å². The summed E-state index contributed by atoms with van der Waals surface area (Å²) in [7, 11) is 0. The molecule has 12 aromatic rings. The van der Waals surface area contributed by atoms with Gasteiger partial charge >= 0.3 is 0 Å². The molecule has 0 unspecified atom stereocenters. The summed E-state index contributed by atoms with van der Waals surface area (Å²) in [4.78, 5) is 2.43. The number of benzene rings is 11. The lowest BCUT2D eigenvalue weighted by Crippen LogP contribution is -2.11. The van der Waals surface area contributed by atoms with Gasteiger partial charge in [0.25, 0.3) is 0 Å². The minimum absolute atomic E-state index is 1.08. The number of anilines is 3. The van der Waals surface area contributed by atoms with Crippen molar-refractivity contribution in [1.82, 2.24) is 4.57 Å². The number of hydrogen-bond acceptors (Lipinski definition) is 1. The molecule has 300 valence electrons. The largest absolute Gasteiger partial charge is 0.310 e. The molecule has 0 aliphatic rings. The third-order valence-corrected chi connectivity index (χ3v) is 12.8. The summed E-state index contributed by atoms with van der Waals surface area (Å²) in [6.45, 7) is 0. The van der Waals surface area contributed by atoms with Crippen LogP contribution < -0.4 is 4.90 Å². The molecule has 1 heterocycles. The van der Waals surface area contributed by atoms with Gasteiger partial charge in [0.2, 0.25) is 0 Å². The Morgan fingerprint density at radius 1 is 0.266 bits per heavy atom. The molecule has 0 saturated heterocycles. The molecular weight excluding hydrogens is 773 g/mol. The summed E-state index contributed by atoms with van der Waals surface area (Å²) in [5.74, 6) is 0. The van der Waals surface area contributed by atoms with Crippen LogP contribution in [0.2, 0.25) is 0 Å². The van der Waals surface area contributed by atoms with E-state index in [0.29, 0.717) is 0 Å². The van der Waals surface area contributed by atoms with Crippen LogP contribution in [0.1, 0.15) is 0 Å². The van der Waals surface area contributed by atoms with E-state index in [2.05, 4.69) is 264 Å². The van der Waals surface area contributed by atoms with E-state index in [1.165, 1.54) is 71.2 Å². The van der Waals surface area contributed by atoms with Crippen molar-refractivity contribution in [2.75, 3.05) is 4.90 Å². The van der Waals surface area contributed by atoms with Gasteiger partial charge in [-0.1, -0.05) is 200 Å². The molecule has 0 aliphatic carbocycles.